The molecule has 93 valence electrons. The molecule has 0 aliphatic carbocycles. The zero-order chi connectivity index (χ0) is 13.3. The molecule has 0 fully saturated rings. The summed E-state index contributed by atoms with van der Waals surface area (Å²) >= 11 is 0. The zero-order valence-corrected chi connectivity index (χ0v) is 8.85. The quantitative estimate of drug-likeness (QED) is 0.662. The summed E-state index contributed by atoms with van der Waals surface area (Å²) in [6.45, 7) is 0. The van der Waals surface area contributed by atoms with Gasteiger partial charge in [-0.1, -0.05) is 18.2 Å². The van der Waals surface area contributed by atoms with Crippen molar-refractivity contribution >= 4 is 0 Å². The van der Waals surface area contributed by atoms with Crippen molar-refractivity contribution in [2.75, 3.05) is 0 Å². The fourth-order valence-corrected chi connectivity index (χ4v) is 1.60. The van der Waals surface area contributed by atoms with E-state index in [9.17, 15) is 22.0 Å². The lowest BCUT2D eigenvalue weighted by Gasteiger charge is -2.12. The van der Waals surface area contributed by atoms with Gasteiger partial charge in [0.1, 0.15) is 11.6 Å². The van der Waals surface area contributed by atoms with Crippen LogP contribution in [0.1, 0.15) is 5.56 Å². The molecule has 0 amide bonds. The van der Waals surface area contributed by atoms with E-state index in [1.54, 1.807) is 0 Å². The minimum Gasteiger partial charge on any atom is -0.207 e. The van der Waals surface area contributed by atoms with E-state index in [0.29, 0.717) is 0 Å². The van der Waals surface area contributed by atoms with Crippen LogP contribution in [-0.4, -0.2) is 0 Å². The molecular weight excluding hydrogens is 251 g/mol. The summed E-state index contributed by atoms with van der Waals surface area (Å²) in [5.74, 6) is -1.72. The Kier molecular flexibility index (Phi) is 3.07. The Labute approximate surface area is 99.7 Å². The molecule has 0 bridgehead atoms. The average Bonchev–Trinajstić information content (AvgIpc) is 2.31. The maximum Gasteiger partial charge on any atom is 0.417 e. The predicted octanol–water partition coefficient (Wildman–Crippen LogP) is 4.45. The maximum absolute atomic E-state index is 13.5. The molecule has 0 saturated carbocycles. The van der Waals surface area contributed by atoms with Gasteiger partial charge in [0.25, 0.3) is 0 Å². The molecule has 0 atom stereocenters. The van der Waals surface area contributed by atoms with Crippen LogP contribution in [0.25, 0.3) is 11.1 Å². The third kappa shape index (κ3) is 2.34. The Bertz CT molecular complexity index is 572. The second-order valence-corrected chi connectivity index (χ2v) is 3.58. The lowest BCUT2D eigenvalue weighted by molar-refractivity contribution is -0.137. The van der Waals surface area contributed by atoms with Gasteiger partial charge in [0, 0.05) is 5.56 Å². The molecule has 0 heterocycles. The summed E-state index contributed by atoms with van der Waals surface area (Å²) in [7, 11) is 0. The molecule has 0 unspecified atom stereocenters. The first-order valence-corrected chi connectivity index (χ1v) is 4.93. The van der Waals surface area contributed by atoms with Crippen molar-refractivity contribution in [2.45, 2.75) is 6.18 Å². The summed E-state index contributed by atoms with van der Waals surface area (Å²) in [5.41, 5.74) is -1.98. The van der Waals surface area contributed by atoms with Crippen LogP contribution in [0.3, 0.4) is 0 Å². The molecule has 2 rings (SSSR count). The zero-order valence-electron chi connectivity index (χ0n) is 8.85. The van der Waals surface area contributed by atoms with Crippen molar-refractivity contribution in [1.82, 2.24) is 0 Å². The fourth-order valence-electron chi connectivity index (χ4n) is 1.60. The maximum atomic E-state index is 13.5. The highest BCUT2D eigenvalue weighted by atomic mass is 19.4. The highest BCUT2D eigenvalue weighted by Crippen LogP contribution is 2.37. The number of rotatable bonds is 1. The van der Waals surface area contributed by atoms with Crippen LogP contribution in [0.2, 0.25) is 0 Å². The summed E-state index contributed by atoms with van der Waals surface area (Å²) in [6, 6.07) is 7.81. The Balaban J connectivity index is 2.68. The molecule has 0 N–H and O–H groups in total. The van der Waals surface area contributed by atoms with Crippen LogP contribution in [0, 0.1) is 17.7 Å². The fraction of sp³-hybridized carbons (Fsp3) is 0.0769. The summed E-state index contributed by atoms with van der Waals surface area (Å²) in [4.78, 5) is 0. The molecule has 2 aromatic carbocycles. The van der Waals surface area contributed by atoms with Crippen LogP contribution in [0.5, 0.6) is 0 Å². The Morgan fingerprint density at radius 2 is 1.67 bits per heavy atom. The number of hydrogen-bond acceptors (Lipinski definition) is 0. The highest BCUT2D eigenvalue weighted by Gasteiger charge is 2.34. The Hall–Kier alpha value is -1.91. The number of hydrogen-bond donors (Lipinski definition) is 0. The van der Waals surface area contributed by atoms with E-state index in [2.05, 4.69) is 0 Å². The van der Waals surface area contributed by atoms with Gasteiger partial charge in [-0.05, 0) is 29.8 Å². The van der Waals surface area contributed by atoms with Crippen molar-refractivity contribution in [3.05, 3.63) is 59.7 Å². The third-order valence-corrected chi connectivity index (χ3v) is 2.36. The smallest absolute Gasteiger partial charge is 0.207 e. The lowest BCUT2D eigenvalue weighted by Crippen LogP contribution is -2.07. The topological polar surface area (TPSA) is 0 Å². The molecule has 0 spiro atoms. The van der Waals surface area contributed by atoms with Crippen molar-refractivity contribution < 1.29 is 22.0 Å². The normalized spacial score (nSPS) is 11.6. The van der Waals surface area contributed by atoms with Crippen LogP contribution in [0.4, 0.5) is 22.0 Å². The van der Waals surface area contributed by atoms with E-state index in [1.807, 2.05) is 6.07 Å². The van der Waals surface area contributed by atoms with Gasteiger partial charge in [-0.2, -0.15) is 13.2 Å². The van der Waals surface area contributed by atoms with Crippen molar-refractivity contribution in [2.24, 2.45) is 0 Å². The van der Waals surface area contributed by atoms with E-state index < -0.39 is 34.5 Å². The first kappa shape index (κ1) is 12.5. The first-order valence-electron chi connectivity index (χ1n) is 4.93. The molecule has 1 radical (unpaired) electrons. The second-order valence-electron chi connectivity index (χ2n) is 3.58. The molecule has 0 aromatic heterocycles. The van der Waals surface area contributed by atoms with Crippen LogP contribution >= 0.6 is 0 Å². The lowest BCUT2D eigenvalue weighted by atomic mass is 9.99. The van der Waals surface area contributed by atoms with E-state index in [0.717, 1.165) is 30.3 Å². The SMILES string of the molecule is Fc1ccc(F)c(-c2ccc[c]c2C(F)(F)F)c1. The summed E-state index contributed by atoms with van der Waals surface area (Å²) in [6.07, 6.45) is -4.67. The minimum absolute atomic E-state index is 0.429. The number of halogens is 5. The third-order valence-electron chi connectivity index (χ3n) is 2.36. The predicted molar refractivity (Wildman–Crippen MR) is 55.6 cm³/mol. The van der Waals surface area contributed by atoms with Gasteiger partial charge in [0.2, 0.25) is 0 Å². The molecule has 5 heteroatoms. The van der Waals surface area contributed by atoms with Crippen molar-refractivity contribution in [3.63, 3.8) is 0 Å². The van der Waals surface area contributed by atoms with E-state index in [1.165, 1.54) is 6.07 Å². The second kappa shape index (κ2) is 4.40. The largest absolute Gasteiger partial charge is 0.417 e. The minimum atomic E-state index is -4.67. The first-order chi connectivity index (χ1) is 8.39. The van der Waals surface area contributed by atoms with Gasteiger partial charge in [0.15, 0.2) is 0 Å². The Morgan fingerprint density at radius 1 is 0.944 bits per heavy atom. The average molecular weight is 257 g/mol. The Morgan fingerprint density at radius 3 is 2.33 bits per heavy atom. The van der Waals surface area contributed by atoms with E-state index in [4.69, 9.17) is 0 Å². The molecule has 0 saturated heterocycles. The number of alkyl halides is 3. The van der Waals surface area contributed by atoms with Crippen molar-refractivity contribution in [3.8, 4) is 11.1 Å². The molecule has 18 heavy (non-hydrogen) atoms. The molecule has 0 nitrogen and oxygen atoms in total. The van der Waals surface area contributed by atoms with Gasteiger partial charge in [-0.25, -0.2) is 8.78 Å². The monoisotopic (exact) mass is 257 g/mol. The van der Waals surface area contributed by atoms with Gasteiger partial charge in [0.05, 0.1) is 5.56 Å². The summed E-state index contributed by atoms with van der Waals surface area (Å²) < 4.78 is 64.6. The van der Waals surface area contributed by atoms with E-state index >= 15 is 0 Å². The molecule has 0 aliphatic heterocycles. The van der Waals surface area contributed by atoms with Crippen LogP contribution in [0.15, 0.2) is 36.4 Å². The van der Waals surface area contributed by atoms with E-state index in [-0.39, 0.29) is 0 Å². The highest BCUT2D eigenvalue weighted by molar-refractivity contribution is 5.68. The molecule has 0 aliphatic rings. The van der Waals surface area contributed by atoms with Gasteiger partial charge < -0.3 is 0 Å². The summed E-state index contributed by atoms with van der Waals surface area (Å²) in [5, 5.41) is 0. The van der Waals surface area contributed by atoms with Gasteiger partial charge in [-0.15, -0.1) is 0 Å². The van der Waals surface area contributed by atoms with Crippen LogP contribution in [-0.2, 0) is 6.18 Å². The van der Waals surface area contributed by atoms with Gasteiger partial charge >= 0.3 is 6.18 Å². The molecule has 2 aromatic rings. The van der Waals surface area contributed by atoms with Crippen molar-refractivity contribution in [1.29, 1.82) is 0 Å². The number of benzene rings is 2. The standard InChI is InChI=1S/C13H6F5/c14-8-5-6-12(15)10(7-8)9-3-1-2-4-11(9)13(16,17)18/h1-3,5-7H. The molecular formula is C13H6F5. The van der Waals surface area contributed by atoms with Gasteiger partial charge in [-0.3, -0.25) is 0 Å². The van der Waals surface area contributed by atoms with Crippen LogP contribution < -0.4 is 0 Å².